The number of amides is 2. The Kier molecular flexibility index (Phi) is 10.1. The molecule has 2 aliphatic heterocycles. The molecule has 0 spiro atoms. The molecule has 0 radical (unpaired) electrons. The molecule has 2 aromatic heterocycles. The second-order valence-corrected chi connectivity index (χ2v) is 19.5. The Morgan fingerprint density at radius 1 is 1.11 bits per heavy atom. The van der Waals surface area contributed by atoms with Gasteiger partial charge in [-0.2, -0.15) is 4.98 Å². The maximum Gasteiger partial charge on any atom is 0.297 e. The first-order valence-corrected chi connectivity index (χ1v) is 21.5. The number of nitrogens with zero attached hydrogens (tertiary/aromatic N) is 4. The molecule has 2 amide bonds. The number of hydrogen-bond donors (Lipinski definition) is 2. The average molecular weight is 765 g/mol. The van der Waals surface area contributed by atoms with Crippen molar-refractivity contribution in [2.45, 2.75) is 134 Å². The SMILES string of the molecule is CC(C)c1csc(-c2cccc3c2nc(O[C@@H]2C[C@H]4C(=O)C[C@]5(C(=O)NS(=O)(=O)C6(C)CC6)C[C@@H]5/C=C\CCCCC[C@H](N)C(=O)N4C2)n3C(C)C)n1. The van der Waals surface area contributed by atoms with Crippen molar-refractivity contribution in [3.05, 3.63) is 41.4 Å². The molecule has 4 heterocycles. The first-order chi connectivity index (χ1) is 25.1. The van der Waals surface area contributed by atoms with Crippen LogP contribution in [0.25, 0.3) is 21.6 Å². The highest BCUT2D eigenvalue weighted by Gasteiger charge is 2.62. The van der Waals surface area contributed by atoms with E-state index >= 15 is 0 Å². The van der Waals surface area contributed by atoms with Gasteiger partial charge >= 0.3 is 0 Å². The van der Waals surface area contributed by atoms with Crippen LogP contribution in [0.1, 0.15) is 116 Å². The van der Waals surface area contributed by atoms with Gasteiger partial charge in [0.15, 0.2) is 5.78 Å². The summed E-state index contributed by atoms with van der Waals surface area (Å²) in [5, 5.41) is 2.95. The molecule has 53 heavy (non-hydrogen) atoms. The van der Waals surface area contributed by atoms with Gasteiger partial charge in [0, 0.05) is 29.8 Å². The smallest absolute Gasteiger partial charge is 0.297 e. The summed E-state index contributed by atoms with van der Waals surface area (Å²) in [5.74, 6) is -1.22. The summed E-state index contributed by atoms with van der Waals surface area (Å²) in [7, 11) is -3.90. The number of nitrogens with one attached hydrogen (secondary N) is 1. The normalized spacial score (nSPS) is 28.3. The van der Waals surface area contributed by atoms with Gasteiger partial charge in [-0.05, 0) is 83.3 Å². The molecule has 1 aromatic carbocycles. The fourth-order valence-electron chi connectivity index (χ4n) is 7.86. The number of imidazole rings is 1. The lowest BCUT2D eigenvalue weighted by molar-refractivity contribution is -0.140. The second-order valence-electron chi connectivity index (χ2n) is 16.4. The number of fused-ring (bicyclic) bond motifs is 3. The zero-order valence-electron chi connectivity index (χ0n) is 31.3. The van der Waals surface area contributed by atoms with Crippen molar-refractivity contribution in [2.75, 3.05) is 6.54 Å². The summed E-state index contributed by atoms with van der Waals surface area (Å²) in [6.07, 6.45) is 8.64. The van der Waals surface area contributed by atoms with Gasteiger partial charge in [0.2, 0.25) is 21.8 Å². The number of Topliss-reactive ketones (excluding diaryl/α,β-unsaturated/α-hetero) is 1. The second kappa shape index (κ2) is 14.2. The van der Waals surface area contributed by atoms with E-state index in [1.54, 1.807) is 18.3 Å². The maximum absolute atomic E-state index is 14.4. The summed E-state index contributed by atoms with van der Waals surface area (Å²) in [6, 6.07) is 4.73. The summed E-state index contributed by atoms with van der Waals surface area (Å²) < 4.78 is 36.3. The highest BCUT2D eigenvalue weighted by Crippen LogP contribution is 2.57. The molecular weight excluding hydrogens is 713 g/mol. The van der Waals surface area contributed by atoms with Crippen LogP contribution in [-0.2, 0) is 24.4 Å². The largest absolute Gasteiger partial charge is 0.459 e. The number of para-hydroxylation sites is 1. The molecule has 5 atom stereocenters. The zero-order valence-corrected chi connectivity index (χ0v) is 33.0. The monoisotopic (exact) mass is 764 g/mol. The van der Waals surface area contributed by atoms with E-state index in [1.807, 2.05) is 34.9 Å². The number of sulfonamides is 1. The van der Waals surface area contributed by atoms with Gasteiger partial charge in [-0.15, -0.1) is 11.3 Å². The summed E-state index contributed by atoms with van der Waals surface area (Å²) in [4.78, 5) is 53.7. The average Bonchev–Trinajstić information content (AvgIpc) is 3.77. The Morgan fingerprint density at radius 3 is 2.58 bits per heavy atom. The molecule has 0 bridgehead atoms. The van der Waals surface area contributed by atoms with Crippen LogP contribution in [0, 0.1) is 11.3 Å². The molecule has 14 heteroatoms. The van der Waals surface area contributed by atoms with Crippen LogP contribution < -0.4 is 15.2 Å². The third kappa shape index (κ3) is 7.18. The number of hydrogen-bond acceptors (Lipinski definition) is 10. The van der Waals surface area contributed by atoms with Crippen molar-refractivity contribution in [3.8, 4) is 16.6 Å². The van der Waals surface area contributed by atoms with E-state index in [2.05, 4.69) is 37.8 Å². The van der Waals surface area contributed by atoms with Gasteiger partial charge in [0.05, 0.1) is 40.0 Å². The first kappa shape index (κ1) is 37.7. The quantitative estimate of drug-likeness (QED) is 0.261. The minimum Gasteiger partial charge on any atom is -0.459 e. The Morgan fingerprint density at radius 2 is 1.89 bits per heavy atom. The molecule has 3 N–H and O–H groups in total. The van der Waals surface area contributed by atoms with Gasteiger partial charge in [0.25, 0.3) is 6.01 Å². The molecule has 1 saturated heterocycles. The minimum atomic E-state index is -3.90. The highest BCUT2D eigenvalue weighted by molar-refractivity contribution is 7.91. The number of ether oxygens (including phenoxy) is 1. The van der Waals surface area contributed by atoms with E-state index in [9.17, 15) is 22.8 Å². The van der Waals surface area contributed by atoms with Crippen molar-refractivity contribution in [1.29, 1.82) is 0 Å². The molecule has 4 aliphatic rings. The standard InChI is InChI=1S/C39H52N6O6S2/c1-23(2)29-22-52-34(41-29)27-13-11-15-30-33(27)42-37(45(30)24(3)4)51-26-18-31-32(46)20-39(36(48)43-53(49,50)38(5)16-17-38)19-25(39)12-9-7-6-8-10-14-28(40)35(47)44(31)21-26/h9,11-13,15,22-26,28,31H,6-8,10,14,16-21,40H2,1-5H3,(H,43,48)/b12-9-/t25-,26+,28-,31-,39+/m0/s1. The number of carbonyl (C=O) groups excluding carboxylic acids is 3. The fourth-order valence-corrected chi connectivity index (χ4v) is 10.2. The molecule has 7 rings (SSSR count). The molecule has 12 nitrogen and oxygen atoms in total. The van der Waals surface area contributed by atoms with Gasteiger partial charge < -0.3 is 15.4 Å². The maximum atomic E-state index is 14.4. The third-order valence-corrected chi connectivity index (χ3v) is 14.8. The van der Waals surface area contributed by atoms with Gasteiger partial charge in [-0.3, -0.25) is 23.7 Å². The predicted molar refractivity (Wildman–Crippen MR) is 205 cm³/mol. The van der Waals surface area contributed by atoms with Crippen LogP contribution in [0.4, 0.5) is 0 Å². The number of ketones is 1. The van der Waals surface area contributed by atoms with E-state index in [-0.39, 0.29) is 43.0 Å². The molecule has 286 valence electrons. The summed E-state index contributed by atoms with van der Waals surface area (Å²) >= 11 is 1.58. The van der Waals surface area contributed by atoms with Gasteiger partial charge in [-0.1, -0.05) is 44.9 Å². The van der Waals surface area contributed by atoms with Crippen LogP contribution in [-0.4, -0.2) is 74.9 Å². The molecule has 3 fully saturated rings. The van der Waals surface area contributed by atoms with Crippen molar-refractivity contribution in [1.82, 2.24) is 24.2 Å². The van der Waals surface area contributed by atoms with Crippen LogP contribution in [0.5, 0.6) is 6.01 Å². The van der Waals surface area contributed by atoms with Gasteiger partial charge in [-0.25, -0.2) is 13.4 Å². The Balaban J connectivity index is 1.19. The first-order valence-electron chi connectivity index (χ1n) is 19.1. The van der Waals surface area contributed by atoms with Crippen molar-refractivity contribution < 1.29 is 27.5 Å². The highest BCUT2D eigenvalue weighted by atomic mass is 32.2. The minimum absolute atomic E-state index is 0.0104. The number of rotatable bonds is 8. The van der Waals surface area contributed by atoms with E-state index < -0.39 is 44.3 Å². The van der Waals surface area contributed by atoms with Crippen LogP contribution in [0.15, 0.2) is 35.7 Å². The van der Waals surface area contributed by atoms with E-state index in [0.29, 0.717) is 37.6 Å². The van der Waals surface area contributed by atoms with Crippen molar-refractivity contribution in [3.63, 3.8) is 0 Å². The number of allylic oxidation sites excluding steroid dienone is 2. The number of thiazole rings is 1. The molecule has 2 aliphatic carbocycles. The number of aromatic nitrogens is 3. The number of nitrogens with two attached hydrogens (primary N) is 1. The van der Waals surface area contributed by atoms with Crippen LogP contribution in [0.2, 0.25) is 0 Å². The van der Waals surface area contributed by atoms with Crippen molar-refractivity contribution >= 4 is 50.0 Å². The van der Waals surface area contributed by atoms with E-state index in [4.69, 9.17) is 20.4 Å². The molecule has 2 saturated carbocycles. The number of benzene rings is 1. The van der Waals surface area contributed by atoms with Crippen molar-refractivity contribution in [2.24, 2.45) is 17.1 Å². The Hall–Kier alpha value is -3.62. The van der Waals surface area contributed by atoms with Gasteiger partial charge in [0.1, 0.15) is 16.6 Å². The molecular formula is C39H52N6O6S2. The Labute approximate surface area is 316 Å². The lowest BCUT2D eigenvalue weighted by atomic mass is 9.91. The van der Waals surface area contributed by atoms with Crippen LogP contribution in [0.3, 0.4) is 0 Å². The topological polar surface area (TPSA) is 167 Å². The number of carbonyl (C=O) groups is 3. The molecule has 3 aromatic rings. The fraction of sp³-hybridized carbons (Fsp3) is 0.615. The zero-order chi connectivity index (χ0) is 37.9. The lowest BCUT2D eigenvalue weighted by Crippen LogP contribution is -2.50. The summed E-state index contributed by atoms with van der Waals surface area (Å²) in [5.41, 5.74) is 8.87. The van der Waals surface area contributed by atoms with E-state index in [1.165, 1.54) is 4.90 Å². The Bertz CT molecular complexity index is 2050. The van der Waals surface area contributed by atoms with E-state index in [0.717, 1.165) is 53.0 Å². The molecule has 0 unspecified atom stereocenters. The predicted octanol–water partition coefficient (Wildman–Crippen LogP) is 6.02. The van der Waals surface area contributed by atoms with Crippen LogP contribution >= 0.6 is 11.3 Å². The summed E-state index contributed by atoms with van der Waals surface area (Å²) in [6.45, 7) is 10.1. The third-order valence-electron chi connectivity index (χ3n) is 11.7. The lowest BCUT2D eigenvalue weighted by Gasteiger charge is -2.27.